The Morgan fingerprint density at radius 3 is 2.64 bits per heavy atom. The topological polar surface area (TPSA) is 103 Å². The molecule has 0 spiro atoms. The molecule has 0 unspecified atom stereocenters. The van der Waals surface area contributed by atoms with Gasteiger partial charge < -0.3 is 18.8 Å². The lowest BCUT2D eigenvalue weighted by atomic mass is 10.0. The number of imidazole rings is 1. The number of fused-ring (bicyclic) bond motifs is 2. The molecule has 4 aromatic heterocycles. The molecule has 0 fully saturated rings. The van der Waals surface area contributed by atoms with Crippen molar-refractivity contribution in [2.45, 2.75) is 39.3 Å². The Bertz CT molecular complexity index is 1910. The number of halogens is 1. The van der Waals surface area contributed by atoms with Crippen LogP contribution in [0.2, 0.25) is 0 Å². The van der Waals surface area contributed by atoms with Gasteiger partial charge in [0.25, 0.3) is 0 Å². The van der Waals surface area contributed by atoms with Crippen molar-refractivity contribution >= 4 is 44.0 Å². The maximum atomic E-state index is 12.4. The zero-order valence-corrected chi connectivity index (χ0v) is 24.9. The van der Waals surface area contributed by atoms with Crippen molar-refractivity contribution in [2.24, 2.45) is 0 Å². The number of aliphatic hydroxyl groups excluding tert-OH is 1. The second kappa shape index (κ2) is 11.9. The van der Waals surface area contributed by atoms with Gasteiger partial charge in [0, 0.05) is 29.1 Å². The number of carbonyl (C=O) groups excluding carboxylic acids is 1. The summed E-state index contributed by atoms with van der Waals surface area (Å²) in [5.74, 6) is 1.09. The number of hydrogen-bond acceptors (Lipinski definition) is 7. The van der Waals surface area contributed by atoms with Gasteiger partial charge in [0.05, 0.1) is 41.7 Å². The molecule has 0 amide bonds. The van der Waals surface area contributed by atoms with Crippen LogP contribution in [0.25, 0.3) is 44.7 Å². The van der Waals surface area contributed by atoms with Gasteiger partial charge in [0.15, 0.2) is 5.65 Å². The number of benzene rings is 2. The van der Waals surface area contributed by atoms with Crippen LogP contribution in [0.1, 0.15) is 47.2 Å². The van der Waals surface area contributed by atoms with Crippen LogP contribution in [0.15, 0.2) is 81.8 Å². The molecule has 6 aromatic rings. The number of furan rings is 1. The van der Waals surface area contributed by atoms with E-state index in [9.17, 15) is 9.90 Å². The summed E-state index contributed by atoms with van der Waals surface area (Å²) in [7, 11) is 1.37. The summed E-state index contributed by atoms with van der Waals surface area (Å²) in [5.41, 5.74) is 6.41. The Hall–Kier alpha value is -4.34. The molecule has 212 valence electrons. The number of aromatic nitrogens is 4. The van der Waals surface area contributed by atoms with E-state index in [1.54, 1.807) is 18.3 Å². The molecule has 0 aliphatic carbocycles. The van der Waals surface area contributed by atoms with Gasteiger partial charge in [0.2, 0.25) is 0 Å². The fourth-order valence-corrected chi connectivity index (χ4v) is 5.83. The predicted molar refractivity (Wildman–Crippen MR) is 165 cm³/mol. The summed E-state index contributed by atoms with van der Waals surface area (Å²) in [4.78, 5) is 26.8. The number of carbonyl (C=O) groups is 1. The summed E-state index contributed by atoms with van der Waals surface area (Å²) >= 11 is 3.73. The highest BCUT2D eigenvalue weighted by Crippen LogP contribution is 2.40. The van der Waals surface area contributed by atoms with Crippen LogP contribution in [0, 0.1) is 0 Å². The second-order valence-corrected chi connectivity index (χ2v) is 10.8. The van der Waals surface area contributed by atoms with E-state index in [4.69, 9.17) is 19.1 Å². The number of rotatable bonds is 9. The van der Waals surface area contributed by atoms with Gasteiger partial charge in [-0.25, -0.2) is 14.8 Å². The highest BCUT2D eigenvalue weighted by molar-refractivity contribution is 9.10. The molecule has 0 bridgehead atoms. The lowest BCUT2D eigenvalue weighted by Gasteiger charge is -2.11. The summed E-state index contributed by atoms with van der Waals surface area (Å²) in [5, 5.41) is 11.1. The van der Waals surface area contributed by atoms with Gasteiger partial charge in [-0.05, 0) is 64.3 Å². The van der Waals surface area contributed by atoms with Crippen molar-refractivity contribution in [3.8, 4) is 22.6 Å². The average Bonchev–Trinajstić information content (AvgIpc) is 3.55. The maximum absolute atomic E-state index is 12.4. The first kappa shape index (κ1) is 27.8. The number of methoxy groups -OCH3 is 1. The summed E-state index contributed by atoms with van der Waals surface area (Å²) in [6.45, 7) is 2.49. The lowest BCUT2D eigenvalue weighted by Crippen LogP contribution is -2.07. The van der Waals surface area contributed by atoms with E-state index in [0.717, 1.165) is 62.9 Å². The Labute approximate surface area is 251 Å². The Morgan fingerprint density at radius 2 is 1.88 bits per heavy atom. The van der Waals surface area contributed by atoms with E-state index in [2.05, 4.69) is 38.5 Å². The molecule has 0 saturated carbocycles. The Balaban J connectivity index is 1.43. The minimum atomic E-state index is -0.425. The predicted octanol–water partition coefficient (Wildman–Crippen LogP) is 7.34. The fraction of sp³-hybridized carbons (Fsp3) is 0.212. The van der Waals surface area contributed by atoms with E-state index in [0.29, 0.717) is 34.7 Å². The smallest absolute Gasteiger partial charge is 0.338 e. The van der Waals surface area contributed by atoms with Gasteiger partial charge in [-0.2, -0.15) is 0 Å². The average molecular weight is 626 g/mol. The minimum absolute atomic E-state index is 0.207. The molecule has 0 aliphatic rings. The summed E-state index contributed by atoms with van der Waals surface area (Å²) < 4.78 is 14.1. The van der Waals surface area contributed by atoms with Crippen LogP contribution < -0.4 is 0 Å². The number of hydrogen-bond donors (Lipinski definition) is 1. The van der Waals surface area contributed by atoms with Crippen molar-refractivity contribution in [1.82, 2.24) is 19.5 Å². The molecule has 0 radical (unpaired) electrons. The molecule has 6 rings (SSSR count). The molecule has 9 heteroatoms. The quantitative estimate of drug-likeness (QED) is 0.168. The van der Waals surface area contributed by atoms with Gasteiger partial charge in [-0.15, -0.1) is 0 Å². The number of aryl methyl sites for hydroxylation is 1. The molecular formula is C33H29BrN4O4. The van der Waals surface area contributed by atoms with Crippen molar-refractivity contribution in [3.05, 3.63) is 100 Å². The van der Waals surface area contributed by atoms with Crippen LogP contribution >= 0.6 is 15.9 Å². The molecule has 8 nitrogen and oxygen atoms in total. The van der Waals surface area contributed by atoms with Crippen molar-refractivity contribution in [2.75, 3.05) is 7.11 Å². The van der Waals surface area contributed by atoms with E-state index >= 15 is 0 Å². The van der Waals surface area contributed by atoms with Gasteiger partial charge in [-0.3, -0.25) is 4.98 Å². The van der Waals surface area contributed by atoms with E-state index in [1.807, 2.05) is 48.5 Å². The van der Waals surface area contributed by atoms with E-state index in [-0.39, 0.29) is 6.61 Å². The molecule has 42 heavy (non-hydrogen) atoms. The zero-order valence-electron chi connectivity index (χ0n) is 23.3. The molecule has 1 N–H and O–H groups in total. The first-order chi connectivity index (χ1) is 20.5. The zero-order chi connectivity index (χ0) is 29.2. The van der Waals surface area contributed by atoms with Crippen LogP contribution in [0.4, 0.5) is 0 Å². The molecular weight excluding hydrogens is 596 g/mol. The van der Waals surface area contributed by atoms with Gasteiger partial charge >= 0.3 is 5.97 Å². The standard InChI is InChI=1S/C33H29BrN4O4/c1-3-4-12-29-36-26-17-23(25-11-7-8-15-35-25)27(19-39)37-32(26)38(29)18-20-13-14-28-24(16-20)30(34)31(42-28)21-9-5-6-10-22(21)33(40)41-2/h5-11,13-17,39H,3-4,12,18-19H2,1-2H3. The monoisotopic (exact) mass is 624 g/mol. The SMILES string of the molecule is CCCCc1nc2cc(-c3ccccn3)c(CO)nc2n1Cc1ccc2oc(-c3ccccc3C(=O)OC)c(Br)c2c1. The molecule has 2 aromatic carbocycles. The minimum Gasteiger partial charge on any atom is -0.465 e. The van der Waals surface area contributed by atoms with Crippen LogP contribution in [0.5, 0.6) is 0 Å². The third-order valence-electron chi connectivity index (χ3n) is 7.33. The third kappa shape index (κ3) is 5.10. The van der Waals surface area contributed by atoms with Crippen molar-refractivity contribution in [1.29, 1.82) is 0 Å². The number of pyridine rings is 2. The van der Waals surface area contributed by atoms with Crippen molar-refractivity contribution in [3.63, 3.8) is 0 Å². The van der Waals surface area contributed by atoms with Crippen LogP contribution in [-0.4, -0.2) is 37.7 Å². The van der Waals surface area contributed by atoms with E-state index < -0.39 is 5.97 Å². The number of aliphatic hydroxyl groups is 1. The molecule has 0 aliphatic heterocycles. The lowest BCUT2D eigenvalue weighted by molar-refractivity contribution is 0.0601. The summed E-state index contributed by atoms with van der Waals surface area (Å²) in [6, 6.07) is 20.9. The molecule has 0 atom stereocenters. The second-order valence-electron chi connectivity index (χ2n) is 10.0. The van der Waals surface area contributed by atoms with Crippen LogP contribution in [-0.2, 0) is 24.3 Å². The summed E-state index contributed by atoms with van der Waals surface area (Å²) in [6.07, 6.45) is 4.59. The van der Waals surface area contributed by atoms with Crippen molar-refractivity contribution < 1.29 is 19.1 Å². The normalized spacial score (nSPS) is 11.4. The molecule has 4 heterocycles. The number of ether oxygens (including phenoxy) is 1. The maximum Gasteiger partial charge on any atom is 0.338 e. The van der Waals surface area contributed by atoms with Crippen LogP contribution in [0.3, 0.4) is 0 Å². The number of nitrogens with zero attached hydrogens (tertiary/aromatic N) is 4. The van der Waals surface area contributed by atoms with Gasteiger partial charge in [0.1, 0.15) is 22.7 Å². The Morgan fingerprint density at radius 1 is 1.05 bits per heavy atom. The third-order valence-corrected chi connectivity index (χ3v) is 8.12. The molecule has 0 saturated heterocycles. The number of unbranched alkanes of at least 4 members (excludes halogenated alkanes) is 1. The number of esters is 1. The first-order valence-corrected chi connectivity index (χ1v) is 14.6. The first-order valence-electron chi connectivity index (χ1n) is 13.8. The highest BCUT2D eigenvalue weighted by atomic mass is 79.9. The van der Waals surface area contributed by atoms with Gasteiger partial charge in [-0.1, -0.05) is 43.7 Å². The highest BCUT2D eigenvalue weighted by Gasteiger charge is 2.21. The Kier molecular flexibility index (Phi) is 7.86. The van der Waals surface area contributed by atoms with E-state index in [1.165, 1.54) is 7.11 Å². The fourth-order valence-electron chi connectivity index (χ4n) is 5.23. The largest absolute Gasteiger partial charge is 0.465 e.